The zero-order valence-corrected chi connectivity index (χ0v) is 19.1. The second kappa shape index (κ2) is 8.15. The van der Waals surface area contributed by atoms with Gasteiger partial charge in [-0.1, -0.05) is 78.6 Å². The molecule has 0 fully saturated rings. The first-order valence-electron chi connectivity index (χ1n) is 9.67. The van der Waals surface area contributed by atoms with Crippen molar-refractivity contribution in [2.75, 3.05) is 7.05 Å². The second-order valence-corrected chi connectivity index (χ2v) is 10.6. The Morgan fingerprint density at radius 3 is 2.19 bits per heavy atom. The molecule has 0 bridgehead atoms. The van der Waals surface area contributed by atoms with E-state index < -0.39 is 0 Å². The Hall–Kier alpha value is -1.66. The smallest absolute Gasteiger partial charge is 0.123 e. The summed E-state index contributed by atoms with van der Waals surface area (Å²) in [5.74, 6) is 0.461. The largest absolute Gasteiger partial charge is 0.507 e. The fourth-order valence-electron chi connectivity index (χ4n) is 3.46. The number of benzene rings is 2. The van der Waals surface area contributed by atoms with Crippen molar-refractivity contribution in [3.63, 3.8) is 0 Å². The number of nitrogens with zero attached hydrogens (tertiary/aromatic N) is 1. The lowest BCUT2D eigenvalue weighted by atomic mass is 9.82. The Labute approximate surface area is 166 Å². The van der Waals surface area contributed by atoms with Gasteiger partial charge in [-0.2, -0.15) is 0 Å². The van der Waals surface area contributed by atoms with Crippen LogP contribution in [0.1, 0.15) is 68.9 Å². The second-order valence-electron chi connectivity index (χ2n) is 8.75. The molecular weight excluding hydrogens is 349 g/mol. The number of hydrogen-bond donors (Lipinski definition) is 1. The van der Waals surface area contributed by atoms with E-state index in [1.165, 1.54) is 22.0 Å². The van der Waals surface area contributed by atoms with Gasteiger partial charge in [-0.15, -0.1) is 0 Å². The van der Waals surface area contributed by atoms with E-state index in [-0.39, 0.29) is 10.6 Å². The zero-order valence-electron chi connectivity index (χ0n) is 18.1. The quantitative estimate of drug-likeness (QED) is 0.500. The SMILES string of the molecule is CCC(C)(Pc1ccc(C)cc1C=NC)c1cc(C)cc(C(C)(C)C)c1O. The van der Waals surface area contributed by atoms with E-state index in [0.29, 0.717) is 14.3 Å². The van der Waals surface area contributed by atoms with E-state index >= 15 is 0 Å². The topological polar surface area (TPSA) is 32.6 Å². The molecule has 0 aromatic heterocycles. The lowest BCUT2D eigenvalue weighted by molar-refractivity contribution is 0.430. The predicted octanol–water partition coefficient (Wildman–Crippen LogP) is 5.98. The Morgan fingerprint density at radius 1 is 1.00 bits per heavy atom. The third kappa shape index (κ3) is 4.79. The minimum Gasteiger partial charge on any atom is -0.507 e. The highest BCUT2D eigenvalue weighted by atomic mass is 31.1. The van der Waals surface area contributed by atoms with Gasteiger partial charge in [0.05, 0.1) is 0 Å². The summed E-state index contributed by atoms with van der Waals surface area (Å²) in [4.78, 5) is 4.24. The van der Waals surface area contributed by atoms with Crippen LogP contribution in [0.4, 0.5) is 0 Å². The molecule has 0 saturated carbocycles. The van der Waals surface area contributed by atoms with Crippen LogP contribution in [0.5, 0.6) is 5.75 Å². The molecule has 3 heteroatoms. The molecule has 2 unspecified atom stereocenters. The molecular formula is C24H34NOP. The molecule has 0 spiro atoms. The summed E-state index contributed by atoms with van der Waals surface area (Å²) in [6.07, 6.45) is 2.91. The summed E-state index contributed by atoms with van der Waals surface area (Å²) < 4.78 is 0. The van der Waals surface area contributed by atoms with Crippen LogP contribution in [-0.4, -0.2) is 18.4 Å². The molecule has 0 saturated heterocycles. The zero-order chi connectivity index (χ0) is 20.4. The van der Waals surface area contributed by atoms with Gasteiger partial charge < -0.3 is 5.11 Å². The lowest BCUT2D eigenvalue weighted by Gasteiger charge is -2.33. The number of hydrogen-bond acceptors (Lipinski definition) is 2. The van der Waals surface area contributed by atoms with Gasteiger partial charge in [0.25, 0.3) is 0 Å². The summed E-state index contributed by atoms with van der Waals surface area (Å²) in [6.45, 7) is 15.2. The molecule has 0 radical (unpaired) electrons. The van der Waals surface area contributed by atoms with Crippen LogP contribution in [0, 0.1) is 13.8 Å². The van der Waals surface area contributed by atoms with Crippen molar-refractivity contribution < 1.29 is 5.11 Å². The van der Waals surface area contributed by atoms with E-state index in [0.717, 1.165) is 17.5 Å². The van der Waals surface area contributed by atoms with Gasteiger partial charge in [0.1, 0.15) is 5.75 Å². The van der Waals surface area contributed by atoms with Crippen LogP contribution < -0.4 is 5.30 Å². The molecule has 1 N–H and O–H groups in total. The van der Waals surface area contributed by atoms with Crippen molar-refractivity contribution >= 4 is 20.1 Å². The highest BCUT2D eigenvalue weighted by molar-refractivity contribution is 7.48. The number of aromatic hydroxyl groups is 1. The van der Waals surface area contributed by atoms with Gasteiger partial charge in [-0.05, 0) is 48.2 Å². The maximum Gasteiger partial charge on any atom is 0.123 e. The summed E-state index contributed by atoms with van der Waals surface area (Å²) in [5.41, 5.74) is 5.63. The number of aryl methyl sites for hydroxylation is 2. The molecule has 0 amide bonds. The van der Waals surface area contributed by atoms with Crippen molar-refractivity contribution in [1.29, 1.82) is 0 Å². The third-order valence-electron chi connectivity index (χ3n) is 5.25. The number of aliphatic imine (C=N–C) groups is 1. The van der Waals surface area contributed by atoms with Gasteiger partial charge in [0, 0.05) is 24.0 Å². The van der Waals surface area contributed by atoms with E-state index in [1.807, 2.05) is 13.3 Å². The minimum absolute atomic E-state index is 0.0908. The first-order chi connectivity index (χ1) is 12.5. The van der Waals surface area contributed by atoms with Gasteiger partial charge in [0.15, 0.2) is 0 Å². The molecule has 27 heavy (non-hydrogen) atoms. The highest BCUT2D eigenvalue weighted by Gasteiger charge is 2.32. The molecule has 146 valence electrons. The minimum atomic E-state index is -0.123. The number of phenolic OH excluding ortho intramolecular Hbond substituents is 1. The summed E-state index contributed by atoms with van der Waals surface area (Å²) >= 11 is 0. The van der Waals surface area contributed by atoms with Crippen LogP contribution in [0.3, 0.4) is 0 Å². The third-order valence-corrected chi connectivity index (χ3v) is 7.15. The number of rotatable bonds is 5. The monoisotopic (exact) mass is 383 g/mol. The molecule has 0 aliphatic heterocycles. The van der Waals surface area contributed by atoms with Crippen molar-refractivity contribution in [1.82, 2.24) is 0 Å². The van der Waals surface area contributed by atoms with Crippen LogP contribution >= 0.6 is 8.58 Å². The number of phenols is 1. The molecule has 2 nitrogen and oxygen atoms in total. The van der Waals surface area contributed by atoms with E-state index in [2.05, 4.69) is 83.8 Å². The molecule has 0 aliphatic carbocycles. The normalized spacial score (nSPS) is 15.0. The maximum atomic E-state index is 11.2. The Balaban J connectivity index is 2.61. The van der Waals surface area contributed by atoms with Crippen molar-refractivity contribution in [2.45, 2.75) is 65.5 Å². The van der Waals surface area contributed by atoms with Crippen LogP contribution in [0.2, 0.25) is 0 Å². The summed E-state index contributed by atoms with van der Waals surface area (Å²) in [7, 11) is 2.37. The van der Waals surface area contributed by atoms with Gasteiger partial charge in [-0.3, -0.25) is 4.99 Å². The fraction of sp³-hybridized carbons (Fsp3) is 0.458. The first-order valence-corrected chi connectivity index (χ1v) is 10.7. The Kier molecular flexibility index (Phi) is 6.53. The first kappa shape index (κ1) is 21.6. The van der Waals surface area contributed by atoms with Gasteiger partial charge in [-0.25, -0.2) is 0 Å². The van der Waals surface area contributed by atoms with E-state index in [9.17, 15) is 5.11 Å². The van der Waals surface area contributed by atoms with E-state index in [4.69, 9.17) is 0 Å². The Morgan fingerprint density at radius 2 is 1.63 bits per heavy atom. The summed E-state index contributed by atoms with van der Waals surface area (Å²) in [6, 6.07) is 10.9. The van der Waals surface area contributed by atoms with Gasteiger partial charge >= 0.3 is 0 Å². The van der Waals surface area contributed by atoms with Crippen LogP contribution in [-0.2, 0) is 10.6 Å². The predicted molar refractivity (Wildman–Crippen MR) is 122 cm³/mol. The standard InChI is InChI=1S/C24H34NOP/c1-9-24(7,27-21-11-10-16(2)12-18(21)15-25-8)20-14-17(3)13-19(22(20)26)23(4,5)6/h10-15,26-27H,9H2,1-8H3. The molecule has 0 heterocycles. The maximum absolute atomic E-state index is 11.2. The highest BCUT2D eigenvalue weighted by Crippen LogP contribution is 2.49. The van der Waals surface area contributed by atoms with Crippen LogP contribution in [0.25, 0.3) is 0 Å². The van der Waals surface area contributed by atoms with E-state index in [1.54, 1.807) is 0 Å². The molecule has 2 atom stereocenters. The Bertz CT molecular complexity index is 848. The van der Waals surface area contributed by atoms with Gasteiger partial charge in [0.2, 0.25) is 0 Å². The average molecular weight is 384 g/mol. The fourth-order valence-corrected chi connectivity index (χ4v) is 5.00. The van der Waals surface area contributed by atoms with Crippen molar-refractivity contribution in [2.24, 2.45) is 4.99 Å². The molecule has 2 aromatic rings. The molecule has 2 rings (SSSR count). The van der Waals surface area contributed by atoms with Crippen LogP contribution in [0.15, 0.2) is 35.3 Å². The molecule has 0 aliphatic rings. The lowest BCUT2D eigenvalue weighted by Crippen LogP contribution is -2.22. The van der Waals surface area contributed by atoms with Crippen molar-refractivity contribution in [3.05, 3.63) is 58.1 Å². The summed E-state index contributed by atoms with van der Waals surface area (Å²) in [5, 5.41) is 12.4. The molecule has 2 aromatic carbocycles. The van der Waals surface area contributed by atoms with Crippen molar-refractivity contribution in [3.8, 4) is 5.75 Å². The average Bonchev–Trinajstić information content (AvgIpc) is 2.58.